The quantitative estimate of drug-likeness (QED) is 0.282. The van der Waals surface area contributed by atoms with Gasteiger partial charge in [-0.25, -0.2) is 0 Å². The molecule has 1 heterocycles. The molecule has 0 aliphatic carbocycles. The molecule has 5 heteroatoms. The van der Waals surface area contributed by atoms with E-state index < -0.39 is 0 Å². The molecule has 0 saturated carbocycles. The molecule has 0 spiro atoms. The lowest BCUT2D eigenvalue weighted by molar-refractivity contribution is 0.315. The molecule has 0 aliphatic heterocycles. The van der Waals surface area contributed by atoms with Gasteiger partial charge in [0, 0.05) is 12.4 Å². The molecule has 0 fully saturated rings. The standard InChI is InChI=1S/C10H16N4O/c1-8(10(11)14-15)13-7-4-9-2-5-12-6-3-9/h2-3,5-6,8,13,15H,4,7H2,1H3,(H2,11,14). The van der Waals surface area contributed by atoms with Gasteiger partial charge in [-0.1, -0.05) is 5.16 Å². The lowest BCUT2D eigenvalue weighted by Crippen LogP contribution is -2.39. The van der Waals surface area contributed by atoms with Crippen LogP contribution in [0.5, 0.6) is 0 Å². The Morgan fingerprint density at radius 1 is 1.60 bits per heavy atom. The number of rotatable bonds is 5. The topological polar surface area (TPSA) is 83.5 Å². The predicted molar refractivity (Wildman–Crippen MR) is 58.8 cm³/mol. The van der Waals surface area contributed by atoms with E-state index in [1.165, 1.54) is 5.56 Å². The third kappa shape index (κ3) is 3.95. The number of aromatic nitrogens is 1. The lowest BCUT2D eigenvalue weighted by atomic mass is 10.2. The lowest BCUT2D eigenvalue weighted by Gasteiger charge is -2.11. The second-order valence-electron chi connectivity index (χ2n) is 3.31. The van der Waals surface area contributed by atoms with Gasteiger partial charge in [0.2, 0.25) is 0 Å². The highest BCUT2D eigenvalue weighted by molar-refractivity contribution is 5.84. The summed E-state index contributed by atoms with van der Waals surface area (Å²) in [6.07, 6.45) is 4.43. The van der Waals surface area contributed by atoms with Crippen LogP contribution in [0, 0.1) is 0 Å². The number of oxime groups is 1. The number of hydrogen-bond acceptors (Lipinski definition) is 4. The van der Waals surface area contributed by atoms with E-state index in [0.29, 0.717) is 0 Å². The number of nitrogens with two attached hydrogens (primary N) is 1. The molecule has 1 aromatic heterocycles. The van der Waals surface area contributed by atoms with Crippen molar-refractivity contribution in [3.8, 4) is 0 Å². The highest BCUT2D eigenvalue weighted by Gasteiger charge is 2.05. The maximum atomic E-state index is 8.44. The minimum absolute atomic E-state index is 0.114. The fourth-order valence-corrected chi connectivity index (χ4v) is 1.17. The Labute approximate surface area is 89.0 Å². The zero-order valence-corrected chi connectivity index (χ0v) is 8.72. The molecule has 0 radical (unpaired) electrons. The second-order valence-corrected chi connectivity index (χ2v) is 3.31. The molecule has 1 unspecified atom stereocenters. The molecule has 0 bridgehead atoms. The van der Waals surface area contributed by atoms with Gasteiger partial charge in [0.05, 0.1) is 6.04 Å². The number of nitrogens with zero attached hydrogens (tertiary/aromatic N) is 2. The molecule has 0 saturated heterocycles. The van der Waals surface area contributed by atoms with Crippen LogP contribution in [0.15, 0.2) is 29.7 Å². The van der Waals surface area contributed by atoms with E-state index >= 15 is 0 Å². The van der Waals surface area contributed by atoms with Crippen LogP contribution < -0.4 is 11.1 Å². The molecular formula is C10H16N4O. The third-order valence-corrected chi connectivity index (χ3v) is 2.17. The molecule has 5 nitrogen and oxygen atoms in total. The van der Waals surface area contributed by atoms with Crippen molar-refractivity contribution in [3.05, 3.63) is 30.1 Å². The van der Waals surface area contributed by atoms with Crippen molar-refractivity contribution >= 4 is 5.84 Å². The van der Waals surface area contributed by atoms with Crippen LogP contribution in [0.3, 0.4) is 0 Å². The second kappa shape index (κ2) is 5.98. The average Bonchev–Trinajstić information content (AvgIpc) is 2.29. The van der Waals surface area contributed by atoms with E-state index in [4.69, 9.17) is 10.9 Å². The van der Waals surface area contributed by atoms with Gasteiger partial charge in [0.1, 0.15) is 0 Å². The number of hydrogen-bond donors (Lipinski definition) is 3. The Morgan fingerprint density at radius 2 is 2.27 bits per heavy atom. The number of amidine groups is 1. The highest BCUT2D eigenvalue weighted by Crippen LogP contribution is 1.96. The van der Waals surface area contributed by atoms with Crippen LogP contribution in [0.2, 0.25) is 0 Å². The minimum Gasteiger partial charge on any atom is -0.409 e. The van der Waals surface area contributed by atoms with E-state index in [1.807, 2.05) is 19.1 Å². The van der Waals surface area contributed by atoms with E-state index in [1.54, 1.807) is 12.4 Å². The van der Waals surface area contributed by atoms with Crippen LogP contribution >= 0.6 is 0 Å². The smallest absolute Gasteiger partial charge is 0.156 e. The third-order valence-electron chi connectivity index (χ3n) is 2.17. The normalized spacial score (nSPS) is 13.8. The molecule has 4 N–H and O–H groups in total. The van der Waals surface area contributed by atoms with Gasteiger partial charge >= 0.3 is 0 Å². The Morgan fingerprint density at radius 3 is 2.87 bits per heavy atom. The maximum absolute atomic E-state index is 8.44. The van der Waals surface area contributed by atoms with Gasteiger partial charge in [-0.2, -0.15) is 0 Å². The number of nitrogens with one attached hydrogen (secondary N) is 1. The first-order valence-electron chi connectivity index (χ1n) is 4.83. The van der Waals surface area contributed by atoms with Crippen LogP contribution in [-0.4, -0.2) is 28.6 Å². The average molecular weight is 208 g/mol. The first-order valence-corrected chi connectivity index (χ1v) is 4.83. The fourth-order valence-electron chi connectivity index (χ4n) is 1.17. The molecule has 0 aliphatic rings. The summed E-state index contributed by atoms with van der Waals surface area (Å²) in [6, 6.07) is 3.82. The van der Waals surface area contributed by atoms with Gasteiger partial charge in [0.15, 0.2) is 5.84 Å². The summed E-state index contributed by atoms with van der Waals surface area (Å²) in [6.45, 7) is 2.63. The van der Waals surface area contributed by atoms with Crippen LogP contribution in [-0.2, 0) is 6.42 Å². The Balaban J connectivity index is 2.28. The molecule has 15 heavy (non-hydrogen) atoms. The van der Waals surface area contributed by atoms with Crippen molar-refractivity contribution in [1.29, 1.82) is 0 Å². The number of pyridine rings is 1. The van der Waals surface area contributed by atoms with Crippen molar-refractivity contribution in [2.24, 2.45) is 10.9 Å². The molecule has 1 rings (SSSR count). The molecule has 1 atom stereocenters. The predicted octanol–water partition coefficient (Wildman–Crippen LogP) is 0.349. The summed E-state index contributed by atoms with van der Waals surface area (Å²) in [7, 11) is 0. The molecule has 1 aromatic rings. The van der Waals surface area contributed by atoms with Crippen molar-refractivity contribution in [2.75, 3.05) is 6.54 Å². The minimum atomic E-state index is -0.114. The fraction of sp³-hybridized carbons (Fsp3) is 0.400. The summed E-state index contributed by atoms with van der Waals surface area (Å²) in [5.41, 5.74) is 6.64. The Hall–Kier alpha value is -1.62. The zero-order valence-electron chi connectivity index (χ0n) is 8.72. The monoisotopic (exact) mass is 208 g/mol. The van der Waals surface area contributed by atoms with E-state index in [9.17, 15) is 0 Å². The van der Waals surface area contributed by atoms with Crippen LogP contribution in [0.1, 0.15) is 12.5 Å². The van der Waals surface area contributed by atoms with E-state index in [-0.39, 0.29) is 11.9 Å². The van der Waals surface area contributed by atoms with E-state index in [2.05, 4.69) is 15.5 Å². The van der Waals surface area contributed by atoms with Gasteiger partial charge in [-0.05, 0) is 37.6 Å². The first kappa shape index (κ1) is 11.5. The molecule has 82 valence electrons. The van der Waals surface area contributed by atoms with Gasteiger partial charge in [0.25, 0.3) is 0 Å². The zero-order chi connectivity index (χ0) is 11.1. The van der Waals surface area contributed by atoms with Gasteiger partial charge in [-0.15, -0.1) is 0 Å². The van der Waals surface area contributed by atoms with Crippen LogP contribution in [0.25, 0.3) is 0 Å². The Kier molecular flexibility index (Phi) is 4.56. The Bertz CT molecular complexity index is 312. The summed E-state index contributed by atoms with van der Waals surface area (Å²) >= 11 is 0. The van der Waals surface area contributed by atoms with Crippen molar-refractivity contribution in [3.63, 3.8) is 0 Å². The maximum Gasteiger partial charge on any atom is 0.156 e. The summed E-state index contributed by atoms with van der Waals surface area (Å²) in [5.74, 6) is 0.199. The SMILES string of the molecule is CC(NCCc1ccncc1)C(N)=NO. The van der Waals surface area contributed by atoms with E-state index in [0.717, 1.165) is 13.0 Å². The molecule has 0 aromatic carbocycles. The van der Waals surface area contributed by atoms with Crippen molar-refractivity contribution in [2.45, 2.75) is 19.4 Å². The summed E-state index contributed by atoms with van der Waals surface area (Å²) < 4.78 is 0. The van der Waals surface area contributed by atoms with Gasteiger partial charge < -0.3 is 16.3 Å². The largest absolute Gasteiger partial charge is 0.409 e. The highest BCUT2D eigenvalue weighted by atomic mass is 16.4. The van der Waals surface area contributed by atoms with Crippen molar-refractivity contribution < 1.29 is 5.21 Å². The van der Waals surface area contributed by atoms with Crippen LogP contribution in [0.4, 0.5) is 0 Å². The van der Waals surface area contributed by atoms with Crippen molar-refractivity contribution in [1.82, 2.24) is 10.3 Å². The van der Waals surface area contributed by atoms with Gasteiger partial charge in [-0.3, -0.25) is 4.98 Å². The molecule has 0 amide bonds. The summed E-state index contributed by atoms with van der Waals surface area (Å²) in [5, 5.41) is 14.5. The first-order chi connectivity index (χ1) is 7.24. The molecular weight excluding hydrogens is 192 g/mol. The summed E-state index contributed by atoms with van der Waals surface area (Å²) in [4.78, 5) is 3.94.